The second kappa shape index (κ2) is 11.8. The second-order valence-corrected chi connectivity index (χ2v) is 9.33. The normalized spacial score (nSPS) is 20.3. The number of carbonyl (C=O) groups excluding carboxylic acids is 2. The summed E-state index contributed by atoms with van der Waals surface area (Å²) in [5.74, 6) is -1.02. The Morgan fingerprint density at radius 1 is 1.31 bits per heavy atom. The summed E-state index contributed by atoms with van der Waals surface area (Å²) in [6.07, 6.45) is 1.51. The van der Waals surface area contributed by atoms with Crippen LogP contribution in [0.25, 0.3) is 0 Å². The maximum absolute atomic E-state index is 14.2. The van der Waals surface area contributed by atoms with Gasteiger partial charge < -0.3 is 19.7 Å². The van der Waals surface area contributed by atoms with E-state index >= 15 is 0 Å². The highest BCUT2D eigenvalue weighted by Crippen LogP contribution is 2.45. The minimum absolute atomic E-state index is 0.108. The minimum atomic E-state index is -0.629. The molecule has 0 unspecified atom stereocenters. The number of nitrogens with one attached hydrogen (secondary N) is 1. The van der Waals surface area contributed by atoms with Crippen LogP contribution in [0.15, 0.2) is 51.6 Å². The predicted octanol–water partition coefficient (Wildman–Crippen LogP) is 3.19. The number of ether oxygens (including phenoxy) is 2. The number of fused-ring (bicyclic) bond motifs is 1. The van der Waals surface area contributed by atoms with Gasteiger partial charge in [0.05, 0.1) is 44.1 Å². The van der Waals surface area contributed by atoms with Crippen molar-refractivity contribution in [3.63, 3.8) is 0 Å². The van der Waals surface area contributed by atoms with Gasteiger partial charge >= 0.3 is 5.97 Å². The van der Waals surface area contributed by atoms with Gasteiger partial charge in [0.25, 0.3) is 0 Å². The van der Waals surface area contributed by atoms with E-state index in [-0.39, 0.29) is 12.3 Å². The molecule has 8 nitrogen and oxygen atoms in total. The van der Waals surface area contributed by atoms with E-state index in [2.05, 4.69) is 15.2 Å². The van der Waals surface area contributed by atoms with Crippen molar-refractivity contribution in [3.05, 3.63) is 58.0 Å². The molecule has 3 aliphatic rings. The SMILES string of the molecule is CCC1=C(C(=O)OC)[C@@H](c2cccc(F)c2)N2C(CC(=O)NCCCN3CCOCC3)=CSC2=N1. The minimum Gasteiger partial charge on any atom is -0.466 e. The fourth-order valence-electron chi connectivity index (χ4n) is 4.49. The topological polar surface area (TPSA) is 83.5 Å². The molecule has 1 aromatic carbocycles. The Morgan fingerprint density at radius 3 is 2.83 bits per heavy atom. The first-order chi connectivity index (χ1) is 17.0. The van der Waals surface area contributed by atoms with E-state index in [0.29, 0.717) is 40.7 Å². The first kappa shape index (κ1) is 25.4. The van der Waals surface area contributed by atoms with Crippen LogP contribution in [-0.4, -0.2) is 73.3 Å². The molecule has 1 N–H and O–H groups in total. The van der Waals surface area contributed by atoms with Crippen molar-refractivity contribution in [2.75, 3.05) is 46.5 Å². The molecule has 0 aliphatic carbocycles. The number of carbonyl (C=O) groups is 2. The van der Waals surface area contributed by atoms with Crippen LogP contribution in [-0.2, 0) is 19.1 Å². The molecule has 188 valence electrons. The van der Waals surface area contributed by atoms with Crippen molar-refractivity contribution < 1.29 is 23.5 Å². The lowest BCUT2D eigenvalue weighted by molar-refractivity contribution is -0.136. The maximum atomic E-state index is 14.2. The van der Waals surface area contributed by atoms with E-state index in [1.165, 1.54) is 31.0 Å². The largest absolute Gasteiger partial charge is 0.466 e. The van der Waals surface area contributed by atoms with Crippen molar-refractivity contribution in [1.82, 2.24) is 15.1 Å². The van der Waals surface area contributed by atoms with Crippen LogP contribution >= 0.6 is 11.8 Å². The Hall–Kier alpha value is -2.69. The zero-order valence-electron chi connectivity index (χ0n) is 20.1. The molecule has 10 heteroatoms. The molecular formula is C25H31FN4O4S. The number of morpholine rings is 1. The molecule has 1 atom stereocenters. The number of aliphatic imine (C=N–C) groups is 1. The third kappa shape index (κ3) is 5.94. The predicted molar refractivity (Wildman–Crippen MR) is 133 cm³/mol. The van der Waals surface area contributed by atoms with Gasteiger partial charge in [-0.05, 0) is 42.5 Å². The molecule has 3 heterocycles. The summed E-state index contributed by atoms with van der Waals surface area (Å²) in [5.41, 5.74) is 2.28. The van der Waals surface area contributed by atoms with Crippen molar-refractivity contribution in [2.24, 2.45) is 4.99 Å². The molecule has 0 radical (unpaired) electrons. The molecule has 3 aliphatic heterocycles. The van der Waals surface area contributed by atoms with E-state index < -0.39 is 17.8 Å². The van der Waals surface area contributed by atoms with Gasteiger partial charge in [0.1, 0.15) is 5.82 Å². The van der Waals surface area contributed by atoms with Crippen LogP contribution in [0.3, 0.4) is 0 Å². The highest BCUT2D eigenvalue weighted by atomic mass is 32.2. The molecule has 1 fully saturated rings. The number of amides is 1. The lowest BCUT2D eigenvalue weighted by atomic mass is 9.93. The highest BCUT2D eigenvalue weighted by molar-refractivity contribution is 8.16. The van der Waals surface area contributed by atoms with Crippen LogP contribution < -0.4 is 5.32 Å². The number of nitrogens with zero attached hydrogens (tertiary/aromatic N) is 3. The second-order valence-electron chi connectivity index (χ2n) is 8.49. The zero-order chi connectivity index (χ0) is 24.8. The molecule has 0 bridgehead atoms. The fourth-order valence-corrected chi connectivity index (χ4v) is 5.42. The summed E-state index contributed by atoms with van der Waals surface area (Å²) in [7, 11) is 1.32. The molecule has 0 spiro atoms. The third-order valence-corrected chi connectivity index (χ3v) is 7.10. The van der Waals surface area contributed by atoms with Gasteiger partial charge in [0.2, 0.25) is 5.91 Å². The molecule has 35 heavy (non-hydrogen) atoms. The summed E-state index contributed by atoms with van der Waals surface area (Å²) in [4.78, 5) is 34.5. The van der Waals surface area contributed by atoms with Gasteiger partial charge in [-0.15, -0.1) is 0 Å². The number of thioether (sulfide) groups is 1. The Kier molecular flexibility index (Phi) is 8.59. The summed E-state index contributed by atoms with van der Waals surface area (Å²) in [5, 5.41) is 5.54. The summed E-state index contributed by atoms with van der Waals surface area (Å²) < 4.78 is 24.6. The van der Waals surface area contributed by atoms with Crippen LogP contribution in [0.5, 0.6) is 0 Å². The number of hydrogen-bond donors (Lipinski definition) is 1. The van der Waals surface area contributed by atoms with Crippen molar-refractivity contribution in [3.8, 4) is 0 Å². The van der Waals surface area contributed by atoms with E-state index in [1.807, 2.05) is 17.2 Å². The first-order valence-electron chi connectivity index (χ1n) is 11.9. The molecule has 1 aromatic rings. The monoisotopic (exact) mass is 502 g/mol. The Balaban J connectivity index is 1.48. The van der Waals surface area contributed by atoms with E-state index in [9.17, 15) is 14.0 Å². The van der Waals surface area contributed by atoms with Crippen LogP contribution in [0.1, 0.15) is 37.8 Å². The number of rotatable bonds is 9. The molecule has 0 aromatic heterocycles. The number of benzene rings is 1. The quantitative estimate of drug-likeness (QED) is 0.410. The Bertz CT molecular complexity index is 1050. The smallest absolute Gasteiger partial charge is 0.338 e. The average molecular weight is 503 g/mol. The molecule has 1 amide bonds. The standard InChI is InChI=1S/C25H31FN4O4S/c1-3-20-22(24(32)33-2)23(17-6-4-7-18(26)14-17)30-19(16-35-25(30)28-20)15-21(31)27-8-5-9-29-10-12-34-13-11-29/h4,6-7,14,16,23H,3,5,8-13,15H2,1-2H3,(H,27,31)/t23-/m1/s1. The van der Waals surface area contributed by atoms with E-state index in [1.54, 1.807) is 12.1 Å². The highest BCUT2D eigenvalue weighted by Gasteiger charge is 2.41. The number of halogens is 1. The lowest BCUT2D eigenvalue weighted by Gasteiger charge is -2.36. The molecule has 1 saturated heterocycles. The number of methoxy groups -OCH3 is 1. The average Bonchev–Trinajstić information content (AvgIpc) is 3.27. The van der Waals surface area contributed by atoms with E-state index in [0.717, 1.165) is 39.3 Å². The van der Waals surface area contributed by atoms with Crippen molar-refractivity contribution in [1.29, 1.82) is 0 Å². The summed E-state index contributed by atoms with van der Waals surface area (Å²) in [6.45, 7) is 6.77. The van der Waals surface area contributed by atoms with Crippen LogP contribution in [0, 0.1) is 5.82 Å². The third-order valence-electron chi connectivity index (χ3n) is 6.21. The van der Waals surface area contributed by atoms with Gasteiger partial charge in [-0.2, -0.15) is 0 Å². The Labute approximate surface area is 209 Å². The van der Waals surface area contributed by atoms with Gasteiger partial charge in [-0.1, -0.05) is 30.8 Å². The van der Waals surface area contributed by atoms with Crippen molar-refractivity contribution >= 4 is 28.8 Å². The first-order valence-corrected chi connectivity index (χ1v) is 12.8. The number of esters is 1. The Morgan fingerprint density at radius 2 is 2.11 bits per heavy atom. The number of allylic oxidation sites excluding steroid dienone is 1. The van der Waals surface area contributed by atoms with E-state index in [4.69, 9.17) is 9.47 Å². The fraction of sp³-hybridized carbons (Fsp3) is 0.480. The molecule has 0 saturated carbocycles. The number of hydrogen-bond acceptors (Lipinski definition) is 8. The number of amidine groups is 1. The van der Waals surface area contributed by atoms with Gasteiger partial charge in [-0.25, -0.2) is 14.2 Å². The summed E-state index contributed by atoms with van der Waals surface area (Å²) in [6, 6.07) is 5.54. The van der Waals surface area contributed by atoms with Gasteiger partial charge in [0.15, 0.2) is 5.17 Å². The van der Waals surface area contributed by atoms with Crippen LogP contribution in [0.4, 0.5) is 4.39 Å². The summed E-state index contributed by atoms with van der Waals surface area (Å²) >= 11 is 1.40. The van der Waals surface area contributed by atoms with Crippen molar-refractivity contribution in [2.45, 2.75) is 32.2 Å². The maximum Gasteiger partial charge on any atom is 0.338 e. The van der Waals surface area contributed by atoms with Gasteiger partial charge in [0, 0.05) is 25.3 Å². The van der Waals surface area contributed by atoms with Gasteiger partial charge in [-0.3, -0.25) is 9.69 Å². The zero-order valence-corrected chi connectivity index (χ0v) is 20.9. The molecule has 4 rings (SSSR count). The lowest BCUT2D eigenvalue weighted by Crippen LogP contribution is -2.39. The molecular weight excluding hydrogens is 471 g/mol. The van der Waals surface area contributed by atoms with Crippen LogP contribution in [0.2, 0.25) is 0 Å².